The Morgan fingerprint density at radius 3 is 2.40 bits per heavy atom. The fourth-order valence-corrected chi connectivity index (χ4v) is 1.39. The van der Waals surface area contributed by atoms with Gasteiger partial charge >= 0.3 is 0 Å². The van der Waals surface area contributed by atoms with E-state index in [2.05, 4.69) is 10.6 Å². The van der Waals surface area contributed by atoms with Crippen LogP contribution in [0.4, 0.5) is 0 Å². The van der Waals surface area contributed by atoms with Crippen molar-refractivity contribution in [3.8, 4) is 5.75 Å². The predicted molar refractivity (Wildman–Crippen MR) is 79.3 cm³/mol. The fraction of sp³-hybridized carbons (Fsp3) is 0.385. The molecule has 0 aliphatic carbocycles. The summed E-state index contributed by atoms with van der Waals surface area (Å²) in [6.45, 7) is 1.63. The van der Waals surface area contributed by atoms with Gasteiger partial charge in [-0.3, -0.25) is 9.59 Å². The zero-order chi connectivity index (χ0) is 14.1. The summed E-state index contributed by atoms with van der Waals surface area (Å²) in [5.74, 6) is 0.0764. The third-order valence-corrected chi connectivity index (χ3v) is 2.43. The third kappa shape index (κ3) is 6.96. The van der Waals surface area contributed by atoms with Crippen molar-refractivity contribution in [1.29, 1.82) is 0 Å². The van der Waals surface area contributed by atoms with Crippen molar-refractivity contribution in [1.82, 2.24) is 10.6 Å². The number of benzene rings is 1. The van der Waals surface area contributed by atoms with Crippen molar-refractivity contribution in [3.05, 3.63) is 29.8 Å². The number of rotatable bonds is 8. The highest BCUT2D eigenvalue weighted by atomic mass is 35.5. The van der Waals surface area contributed by atoms with Crippen LogP contribution >= 0.6 is 12.4 Å². The van der Waals surface area contributed by atoms with Gasteiger partial charge in [0.05, 0.1) is 13.0 Å². The molecule has 4 N–H and O–H groups in total. The number of hydrogen-bond donors (Lipinski definition) is 3. The molecule has 0 atom stereocenters. The Morgan fingerprint density at radius 2 is 1.85 bits per heavy atom. The number of carbonyl (C=O) groups excluding carboxylic acids is 2. The number of amides is 2. The quantitative estimate of drug-likeness (QED) is 0.603. The molecule has 0 saturated heterocycles. The van der Waals surface area contributed by atoms with Crippen molar-refractivity contribution in [2.75, 3.05) is 26.7 Å². The van der Waals surface area contributed by atoms with E-state index in [-0.39, 0.29) is 18.3 Å². The van der Waals surface area contributed by atoms with Crippen LogP contribution in [0.2, 0.25) is 0 Å². The van der Waals surface area contributed by atoms with Gasteiger partial charge in [0, 0.05) is 18.7 Å². The maximum absolute atomic E-state index is 11.4. The number of likely N-dealkylation sites (N-methyl/N-ethyl adjacent to an activating group) is 1. The van der Waals surface area contributed by atoms with E-state index in [0.29, 0.717) is 30.9 Å². The van der Waals surface area contributed by atoms with Gasteiger partial charge in [-0.15, -0.1) is 12.4 Å². The second-order valence-electron chi connectivity index (χ2n) is 3.94. The van der Waals surface area contributed by atoms with E-state index < -0.39 is 5.91 Å². The van der Waals surface area contributed by atoms with Crippen LogP contribution in [0, 0.1) is 0 Å². The summed E-state index contributed by atoms with van der Waals surface area (Å²) in [6.07, 6.45) is 0.293. The number of primary amides is 1. The Kier molecular flexibility index (Phi) is 9.15. The molecule has 0 aromatic heterocycles. The van der Waals surface area contributed by atoms with Crippen LogP contribution in [0.15, 0.2) is 24.3 Å². The van der Waals surface area contributed by atoms with Crippen molar-refractivity contribution in [2.24, 2.45) is 5.73 Å². The third-order valence-electron chi connectivity index (χ3n) is 2.43. The number of nitrogens with one attached hydrogen (secondary N) is 2. The Balaban J connectivity index is 0.00000361. The van der Waals surface area contributed by atoms with Crippen LogP contribution in [0.3, 0.4) is 0 Å². The van der Waals surface area contributed by atoms with Crippen LogP contribution in [-0.2, 0) is 4.79 Å². The molecule has 2 amide bonds. The van der Waals surface area contributed by atoms with Crippen molar-refractivity contribution < 1.29 is 14.3 Å². The highest BCUT2D eigenvalue weighted by Gasteiger charge is 2.02. The molecule has 0 radical (unpaired) electrons. The van der Waals surface area contributed by atoms with Crippen molar-refractivity contribution in [3.63, 3.8) is 0 Å². The summed E-state index contributed by atoms with van der Waals surface area (Å²) in [6, 6.07) is 6.48. The smallest absolute Gasteiger partial charge is 0.248 e. The number of halogens is 1. The van der Waals surface area contributed by atoms with Gasteiger partial charge in [-0.05, 0) is 31.3 Å². The second-order valence-corrected chi connectivity index (χ2v) is 3.94. The van der Waals surface area contributed by atoms with Crippen LogP contribution in [0.25, 0.3) is 0 Å². The Hall–Kier alpha value is -1.79. The molecule has 112 valence electrons. The van der Waals surface area contributed by atoms with Crippen molar-refractivity contribution >= 4 is 24.2 Å². The molecule has 0 spiro atoms. The van der Waals surface area contributed by atoms with Gasteiger partial charge in [-0.2, -0.15) is 0 Å². The minimum atomic E-state index is -0.476. The molecule has 0 unspecified atom stereocenters. The maximum atomic E-state index is 11.4. The highest BCUT2D eigenvalue weighted by molar-refractivity contribution is 5.92. The molecule has 0 heterocycles. The first kappa shape index (κ1) is 18.2. The molecular formula is C13H20ClN3O3. The first-order valence-electron chi connectivity index (χ1n) is 6.07. The zero-order valence-corrected chi connectivity index (χ0v) is 12.2. The summed E-state index contributed by atoms with van der Waals surface area (Å²) >= 11 is 0. The van der Waals surface area contributed by atoms with E-state index in [1.807, 2.05) is 7.05 Å². The normalized spacial score (nSPS) is 9.45. The molecule has 1 aromatic rings. The number of hydrogen-bond acceptors (Lipinski definition) is 4. The van der Waals surface area contributed by atoms with E-state index >= 15 is 0 Å². The maximum Gasteiger partial charge on any atom is 0.248 e. The lowest BCUT2D eigenvalue weighted by molar-refractivity contribution is -0.121. The molecule has 0 aliphatic heterocycles. The number of nitrogens with two attached hydrogens (primary N) is 1. The fourth-order valence-electron chi connectivity index (χ4n) is 1.39. The van der Waals surface area contributed by atoms with Crippen molar-refractivity contribution in [2.45, 2.75) is 6.42 Å². The van der Waals surface area contributed by atoms with Gasteiger partial charge in [0.25, 0.3) is 0 Å². The molecule has 6 nitrogen and oxygen atoms in total. The Labute approximate surface area is 124 Å². The van der Waals surface area contributed by atoms with Gasteiger partial charge in [-0.25, -0.2) is 0 Å². The summed E-state index contributed by atoms with van der Waals surface area (Å²) in [5.41, 5.74) is 5.55. The van der Waals surface area contributed by atoms with E-state index in [4.69, 9.17) is 10.5 Å². The SMILES string of the molecule is CNCCNC(=O)CCOc1ccc(C(N)=O)cc1.Cl. The lowest BCUT2D eigenvalue weighted by Crippen LogP contribution is -2.31. The molecule has 1 aromatic carbocycles. The first-order chi connectivity index (χ1) is 9.13. The molecule has 0 bridgehead atoms. The van der Waals surface area contributed by atoms with E-state index in [1.165, 1.54) is 0 Å². The zero-order valence-electron chi connectivity index (χ0n) is 11.3. The standard InChI is InChI=1S/C13H19N3O3.ClH/c1-15-7-8-16-12(17)6-9-19-11-4-2-10(3-5-11)13(14)18;/h2-5,15H,6-9H2,1H3,(H2,14,18)(H,16,17);1H. The number of ether oxygens (including phenoxy) is 1. The van der Waals surface area contributed by atoms with Crippen LogP contribution in [-0.4, -0.2) is 38.6 Å². The second kappa shape index (κ2) is 10.1. The molecular weight excluding hydrogens is 282 g/mol. The van der Waals surface area contributed by atoms with Crippen LogP contribution < -0.4 is 21.1 Å². The van der Waals surface area contributed by atoms with Gasteiger partial charge in [0.1, 0.15) is 5.75 Å². The molecule has 7 heteroatoms. The number of carbonyl (C=O) groups is 2. The largest absolute Gasteiger partial charge is 0.493 e. The first-order valence-corrected chi connectivity index (χ1v) is 6.07. The average Bonchev–Trinajstić information content (AvgIpc) is 2.39. The summed E-state index contributed by atoms with van der Waals surface area (Å²) in [5, 5.41) is 5.69. The summed E-state index contributed by atoms with van der Waals surface area (Å²) in [4.78, 5) is 22.2. The van der Waals surface area contributed by atoms with Gasteiger partial charge in [0.15, 0.2) is 0 Å². The minimum Gasteiger partial charge on any atom is -0.493 e. The molecule has 0 saturated carbocycles. The lowest BCUT2D eigenvalue weighted by atomic mass is 10.2. The summed E-state index contributed by atoms with van der Waals surface area (Å²) in [7, 11) is 1.82. The minimum absolute atomic E-state index is 0. The molecule has 0 fully saturated rings. The monoisotopic (exact) mass is 301 g/mol. The van der Waals surface area contributed by atoms with Crippen LogP contribution in [0.5, 0.6) is 5.75 Å². The van der Waals surface area contributed by atoms with Gasteiger partial charge in [0.2, 0.25) is 11.8 Å². The summed E-state index contributed by atoms with van der Waals surface area (Å²) < 4.78 is 5.39. The Morgan fingerprint density at radius 1 is 1.20 bits per heavy atom. The Bertz CT molecular complexity index is 423. The van der Waals surface area contributed by atoms with Crippen LogP contribution in [0.1, 0.15) is 16.8 Å². The lowest BCUT2D eigenvalue weighted by Gasteiger charge is -2.07. The van der Waals surface area contributed by atoms with Gasteiger partial charge in [-0.1, -0.05) is 0 Å². The average molecular weight is 302 g/mol. The van der Waals surface area contributed by atoms with Gasteiger partial charge < -0.3 is 21.1 Å². The highest BCUT2D eigenvalue weighted by Crippen LogP contribution is 2.11. The molecule has 20 heavy (non-hydrogen) atoms. The molecule has 0 aliphatic rings. The predicted octanol–water partition coefficient (Wildman–Crippen LogP) is 0.312. The van der Waals surface area contributed by atoms with E-state index in [0.717, 1.165) is 6.54 Å². The van der Waals surface area contributed by atoms with E-state index in [9.17, 15) is 9.59 Å². The molecule has 1 rings (SSSR count). The van der Waals surface area contributed by atoms with E-state index in [1.54, 1.807) is 24.3 Å². The topological polar surface area (TPSA) is 93.4 Å².